The number of carbonyl (C=O) groups excluding carboxylic acids is 2. The fraction of sp³-hybridized carbons (Fsp3) is 0.103. The van der Waals surface area contributed by atoms with Crippen molar-refractivity contribution in [2.75, 3.05) is 11.9 Å². The Balaban J connectivity index is 1.38. The molecule has 4 aromatic carbocycles. The van der Waals surface area contributed by atoms with Crippen molar-refractivity contribution in [2.45, 2.75) is 17.9 Å². The van der Waals surface area contributed by atoms with Crippen LogP contribution in [0, 0.1) is 0 Å². The van der Waals surface area contributed by atoms with Crippen LogP contribution in [0.5, 0.6) is 5.75 Å². The molecule has 0 saturated carbocycles. The number of hydrogen-bond donors (Lipinski definition) is 2. The number of nitrogens with one attached hydrogen (secondary N) is 2. The Morgan fingerprint density at radius 2 is 1.50 bits per heavy atom. The quantitative estimate of drug-likeness (QED) is 0.250. The minimum atomic E-state index is -3.76. The Labute approximate surface area is 226 Å². The Morgan fingerprint density at radius 3 is 2.16 bits per heavy atom. The van der Waals surface area contributed by atoms with E-state index < -0.39 is 22.0 Å². The molecule has 0 aromatic heterocycles. The average molecular weight is 549 g/mol. The number of hydrogen-bond acceptors (Lipinski definition) is 5. The molecule has 2 N–H and O–H groups in total. The first-order valence-electron chi connectivity index (χ1n) is 11.7. The number of ether oxygens (including phenoxy) is 1. The summed E-state index contributed by atoms with van der Waals surface area (Å²) in [6.45, 7) is 1.42. The van der Waals surface area contributed by atoms with Crippen molar-refractivity contribution in [3.63, 3.8) is 0 Å². The van der Waals surface area contributed by atoms with Gasteiger partial charge in [0.05, 0.1) is 10.6 Å². The van der Waals surface area contributed by atoms with Crippen molar-refractivity contribution in [3.8, 4) is 5.75 Å². The van der Waals surface area contributed by atoms with Crippen molar-refractivity contribution in [1.82, 2.24) is 4.72 Å². The van der Waals surface area contributed by atoms with Gasteiger partial charge in [-0.25, -0.2) is 13.1 Å². The lowest BCUT2D eigenvalue weighted by molar-refractivity contribution is -0.118. The summed E-state index contributed by atoms with van der Waals surface area (Å²) < 4.78 is 33.7. The molecule has 0 aliphatic carbocycles. The first-order chi connectivity index (χ1) is 18.2. The zero-order valence-corrected chi connectivity index (χ0v) is 22.0. The monoisotopic (exact) mass is 548 g/mol. The van der Waals surface area contributed by atoms with E-state index in [0.29, 0.717) is 22.0 Å². The van der Waals surface area contributed by atoms with Gasteiger partial charge in [-0.1, -0.05) is 72.3 Å². The topological polar surface area (TPSA) is 102 Å². The molecule has 0 unspecified atom stereocenters. The summed E-state index contributed by atoms with van der Waals surface area (Å²) in [7, 11) is -3.76. The molecule has 0 heterocycles. The summed E-state index contributed by atoms with van der Waals surface area (Å²) in [6.07, 6.45) is 0. The minimum absolute atomic E-state index is 0.0716. The third-order valence-corrected chi connectivity index (χ3v) is 7.46. The highest BCUT2D eigenvalue weighted by Gasteiger charge is 2.19. The first kappa shape index (κ1) is 27.1. The van der Waals surface area contributed by atoms with Gasteiger partial charge < -0.3 is 10.1 Å². The van der Waals surface area contributed by atoms with E-state index in [1.54, 1.807) is 49.4 Å². The zero-order valence-electron chi connectivity index (χ0n) is 20.4. The fourth-order valence-corrected chi connectivity index (χ4v) is 5.12. The Hall–Kier alpha value is -3.98. The second-order valence-electron chi connectivity index (χ2n) is 8.45. The van der Waals surface area contributed by atoms with Crippen LogP contribution >= 0.6 is 11.6 Å². The van der Waals surface area contributed by atoms with E-state index in [1.165, 1.54) is 30.3 Å². The molecule has 9 heteroatoms. The highest BCUT2D eigenvalue weighted by Crippen LogP contribution is 2.24. The summed E-state index contributed by atoms with van der Waals surface area (Å²) in [5.74, 6) is -0.465. The Morgan fingerprint density at radius 1 is 0.868 bits per heavy atom. The maximum absolute atomic E-state index is 12.9. The molecular formula is C29H25ClN2O5S. The van der Waals surface area contributed by atoms with Gasteiger partial charge >= 0.3 is 0 Å². The van der Waals surface area contributed by atoms with Crippen LogP contribution in [0.3, 0.4) is 0 Å². The lowest BCUT2D eigenvalue weighted by Gasteiger charge is -2.15. The molecule has 0 saturated heterocycles. The molecule has 0 spiro atoms. The van der Waals surface area contributed by atoms with Gasteiger partial charge in [0, 0.05) is 22.2 Å². The van der Waals surface area contributed by atoms with E-state index in [0.717, 1.165) is 5.56 Å². The molecule has 4 aromatic rings. The summed E-state index contributed by atoms with van der Waals surface area (Å²) in [4.78, 5) is 25.6. The standard InChI is InChI=1S/C29H25ClN2O5S/c1-20(21-8-4-2-5-9-21)32-38(35,36)25-15-13-24(14-16-25)37-19-28(33)31-27-17-12-23(30)18-26(27)29(34)22-10-6-3-7-11-22/h2-18,20,32H,19H2,1H3,(H,31,33)/t20-/m1/s1. The van der Waals surface area contributed by atoms with Crippen LogP contribution in [0.1, 0.15) is 34.5 Å². The lowest BCUT2D eigenvalue weighted by atomic mass is 10.0. The predicted octanol–water partition coefficient (Wildman–Crippen LogP) is 5.63. The van der Waals surface area contributed by atoms with Crippen LogP contribution in [0.15, 0.2) is 108 Å². The van der Waals surface area contributed by atoms with E-state index in [-0.39, 0.29) is 22.8 Å². The average Bonchev–Trinajstić information content (AvgIpc) is 2.93. The van der Waals surface area contributed by atoms with Gasteiger partial charge in [0.2, 0.25) is 10.0 Å². The van der Waals surface area contributed by atoms with Gasteiger partial charge in [0.25, 0.3) is 5.91 Å². The first-order valence-corrected chi connectivity index (χ1v) is 13.6. The minimum Gasteiger partial charge on any atom is -0.484 e. The Kier molecular flexibility index (Phi) is 8.58. The smallest absolute Gasteiger partial charge is 0.262 e. The van der Waals surface area contributed by atoms with E-state index >= 15 is 0 Å². The van der Waals surface area contributed by atoms with Crippen LogP contribution in [-0.4, -0.2) is 26.7 Å². The zero-order chi connectivity index (χ0) is 27.1. The number of amides is 1. The SMILES string of the molecule is C[C@@H](NS(=O)(=O)c1ccc(OCC(=O)Nc2ccc(Cl)cc2C(=O)c2ccccc2)cc1)c1ccccc1. The maximum Gasteiger partial charge on any atom is 0.262 e. The number of benzene rings is 4. The molecule has 0 radical (unpaired) electrons. The second kappa shape index (κ2) is 12.0. The molecule has 1 amide bonds. The predicted molar refractivity (Wildman–Crippen MR) is 147 cm³/mol. The second-order valence-corrected chi connectivity index (χ2v) is 10.6. The Bertz CT molecular complexity index is 1530. The van der Waals surface area contributed by atoms with Crippen LogP contribution in [-0.2, 0) is 14.8 Å². The van der Waals surface area contributed by atoms with Crippen LogP contribution in [0.4, 0.5) is 5.69 Å². The maximum atomic E-state index is 12.9. The van der Waals surface area contributed by atoms with Crippen LogP contribution in [0.2, 0.25) is 5.02 Å². The van der Waals surface area contributed by atoms with Crippen molar-refractivity contribution in [1.29, 1.82) is 0 Å². The number of carbonyl (C=O) groups is 2. The highest BCUT2D eigenvalue weighted by molar-refractivity contribution is 7.89. The summed E-state index contributed by atoms with van der Waals surface area (Å²) in [5.41, 5.74) is 1.86. The van der Waals surface area contributed by atoms with Crippen molar-refractivity contribution in [2.24, 2.45) is 0 Å². The van der Waals surface area contributed by atoms with E-state index in [1.807, 2.05) is 30.3 Å². The fourth-order valence-electron chi connectivity index (χ4n) is 3.72. The molecule has 0 aliphatic heterocycles. The van der Waals surface area contributed by atoms with Crippen molar-refractivity contribution in [3.05, 3.63) is 125 Å². The van der Waals surface area contributed by atoms with Gasteiger partial charge in [-0.3, -0.25) is 9.59 Å². The highest BCUT2D eigenvalue weighted by atomic mass is 35.5. The van der Waals surface area contributed by atoms with Crippen molar-refractivity contribution < 1.29 is 22.7 Å². The van der Waals surface area contributed by atoms with Gasteiger partial charge in [-0.15, -0.1) is 0 Å². The molecule has 0 aliphatic rings. The van der Waals surface area contributed by atoms with Gasteiger partial charge in [0.15, 0.2) is 12.4 Å². The van der Waals surface area contributed by atoms with Gasteiger partial charge in [-0.05, 0) is 55.0 Å². The molecule has 0 bridgehead atoms. The van der Waals surface area contributed by atoms with Crippen molar-refractivity contribution >= 4 is 39.0 Å². The van der Waals surface area contributed by atoms with E-state index in [4.69, 9.17) is 16.3 Å². The molecule has 0 fully saturated rings. The summed E-state index contributed by atoms with van der Waals surface area (Å²) >= 11 is 6.09. The number of ketones is 1. The lowest BCUT2D eigenvalue weighted by Crippen LogP contribution is -2.26. The normalized spacial score (nSPS) is 11.9. The van der Waals surface area contributed by atoms with Gasteiger partial charge in [0.1, 0.15) is 5.75 Å². The molecule has 194 valence electrons. The third-order valence-electron chi connectivity index (χ3n) is 5.67. The summed E-state index contributed by atoms with van der Waals surface area (Å²) in [6, 6.07) is 27.9. The number of anilines is 1. The summed E-state index contributed by atoms with van der Waals surface area (Å²) in [5, 5.41) is 3.04. The number of rotatable bonds is 10. The number of sulfonamides is 1. The van der Waals surface area contributed by atoms with Crippen LogP contribution in [0.25, 0.3) is 0 Å². The van der Waals surface area contributed by atoms with Crippen LogP contribution < -0.4 is 14.8 Å². The van der Waals surface area contributed by atoms with Gasteiger partial charge in [-0.2, -0.15) is 0 Å². The van der Waals surface area contributed by atoms with E-state index in [2.05, 4.69) is 10.0 Å². The molecule has 4 rings (SSSR count). The molecule has 7 nitrogen and oxygen atoms in total. The third kappa shape index (κ3) is 6.86. The van der Waals surface area contributed by atoms with E-state index in [9.17, 15) is 18.0 Å². The largest absolute Gasteiger partial charge is 0.484 e. The molecule has 1 atom stereocenters. The molecule has 38 heavy (non-hydrogen) atoms. The number of halogens is 1. The molecular weight excluding hydrogens is 524 g/mol.